The minimum Gasteiger partial charge on any atom is -0.479 e. The van der Waals surface area contributed by atoms with Crippen molar-refractivity contribution in [1.82, 2.24) is 0 Å². The Hall–Kier alpha value is -0.870. The standard InChI is InChI=1S/C17H24O2S2/c1-5-19-17(20)21-11-16(18)13(4)15-8-6-14(7-9-15)10-12(2)3/h6-9,12-13H,5,10-11H2,1-4H3. The summed E-state index contributed by atoms with van der Waals surface area (Å²) in [6.45, 7) is 8.80. The van der Waals surface area contributed by atoms with E-state index < -0.39 is 0 Å². The van der Waals surface area contributed by atoms with Gasteiger partial charge >= 0.3 is 0 Å². The van der Waals surface area contributed by atoms with E-state index >= 15 is 0 Å². The number of rotatable bonds is 7. The maximum absolute atomic E-state index is 12.2. The molecule has 21 heavy (non-hydrogen) atoms. The Labute approximate surface area is 137 Å². The molecule has 0 aliphatic rings. The molecule has 2 nitrogen and oxygen atoms in total. The van der Waals surface area contributed by atoms with E-state index in [0.29, 0.717) is 22.7 Å². The van der Waals surface area contributed by atoms with Gasteiger partial charge < -0.3 is 4.74 Å². The van der Waals surface area contributed by atoms with Gasteiger partial charge in [0.05, 0.1) is 12.4 Å². The van der Waals surface area contributed by atoms with Crippen LogP contribution in [0.1, 0.15) is 44.7 Å². The van der Waals surface area contributed by atoms with Crippen molar-refractivity contribution in [3.8, 4) is 0 Å². The Morgan fingerprint density at radius 3 is 2.38 bits per heavy atom. The van der Waals surface area contributed by atoms with E-state index in [0.717, 1.165) is 12.0 Å². The molecule has 1 atom stereocenters. The first-order valence-corrected chi connectivity index (χ1v) is 8.74. The van der Waals surface area contributed by atoms with Gasteiger partial charge in [-0.2, -0.15) is 0 Å². The van der Waals surface area contributed by atoms with Gasteiger partial charge in [-0.15, -0.1) is 0 Å². The molecular weight excluding hydrogens is 300 g/mol. The fourth-order valence-corrected chi connectivity index (χ4v) is 3.02. The van der Waals surface area contributed by atoms with Crippen molar-refractivity contribution in [3.05, 3.63) is 35.4 Å². The van der Waals surface area contributed by atoms with Crippen molar-refractivity contribution in [2.75, 3.05) is 12.4 Å². The number of ketones is 1. The minimum absolute atomic E-state index is 0.102. The quantitative estimate of drug-likeness (QED) is 0.684. The van der Waals surface area contributed by atoms with Gasteiger partial charge in [0.15, 0.2) is 0 Å². The van der Waals surface area contributed by atoms with Crippen LogP contribution in [-0.4, -0.2) is 22.5 Å². The largest absolute Gasteiger partial charge is 0.479 e. The van der Waals surface area contributed by atoms with Gasteiger partial charge in [-0.1, -0.05) is 56.8 Å². The summed E-state index contributed by atoms with van der Waals surface area (Å²) in [6, 6.07) is 8.37. The maximum Gasteiger partial charge on any atom is 0.220 e. The van der Waals surface area contributed by atoms with Crippen LogP contribution in [-0.2, 0) is 16.0 Å². The number of benzene rings is 1. The number of carbonyl (C=O) groups is 1. The first-order chi connectivity index (χ1) is 9.93. The average Bonchev–Trinajstić information content (AvgIpc) is 2.44. The number of hydrogen-bond acceptors (Lipinski definition) is 4. The molecule has 0 fully saturated rings. The van der Waals surface area contributed by atoms with Crippen molar-refractivity contribution in [3.63, 3.8) is 0 Å². The fraction of sp³-hybridized carbons (Fsp3) is 0.529. The molecule has 1 aromatic rings. The molecule has 0 heterocycles. The molecule has 116 valence electrons. The van der Waals surface area contributed by atoms with E-state index in [1.54, 1.807) is 0 Å². The molecule has 1 rings (SSSR count). The third-order valence-corrected chi connectivity index (χ3v) is 4.45. The molecule has 1 unspecified atom stereocenters. The van der Waals surface area contributed by atoms with E-state index in [2.05, 4.69) is 38.1 Å². The number of ether oxygens (including phenoxy) is 1. The zero-order valence-electron chi connectivity index (χ0n) is 13.2. The van der Waals surface area contributed by atoms with Crippen LogP contribution in [0.3, 0.4) is 0 Å². The van der Waals surface area contributed by atoms with Crippen LogP contribution in [0.5, 0.6) is 0 Å². The second kappa shape index (κ2) is 9.21. The fourth-order valence-electron chi connectivity index (χ4n) is 2.01. The lowest BCUT2D eigenvalue weighted by atomic mass is 9.94. The summed E-state index contributed by atoms with van der Waals surface area (Å²) < 4.78 is 5.62. The van der Waals surface area contributed by atoms with Gasteiger partial charge in [0, 0.05) is 5.92 Å². The maximum atomic E-state index is 12.2. The predicted octanol–water partition coefficient (Wildman–Crippen LogP) is 4.61. The molecule has 0 radical (unpaired) electrons. The van der Waals surface area contributed by atoms with Crippen molar-refractivity contribution in [2.45, 2.75) is 40.0 Å². The number of Topliss-reactive ketones (excluding diaryl/α,β-unsaturated/α-hetero) is 1. The summed E-state index contributed by atoms with van der Waals surface area (Å²) >= 11 is 6.32. The molecule has 0 amide bonds. The number of thioether (sulfide) groups is 1. The van der Waals surface area contributed by atoms with Gasteiger partial charge in [0.1, 0.15) is 5.78 Å². The van der Waals surface area contributed by atoms with Crippen LogP contribution >= 0.6 is 24.0 Å². The molecule has 0 N–H and O–H groups in total. The molecule has 0 saturated heterocycles. The lowest BCUT2D eigenvalue weighted by Crippen LogP contribution is -2.13. The average molecular weight is 325 g/mol. The van der Waals surface area contributed by atoms with E-state index in [1.807, 2.05) is 13.8 Å². The Kier molecular flexibility index (Phi) is 7.97. The van der Waals surface area contributed by atoms with Crippen LogP contribution in [0.25, 0.3) is 0 Å². The summed E-state index contributed by atoms with van der Waals surface area (Å²) in [7, 11) is 0. The summed E-state index contributed by atoms with van der Waals surface area (Å²) in [5.74, 6) is 1.09. The highest BCUT2D eigenvalue weighted by atomic mass is 32.2. The zero-order chi connectivity index (χ0) is 15.8. The second-order valence-corrected chi connectivity index (χ2v) is 7.08. The molecule has 0 bridgehead atoms. The third kappa shape index (κ3) is 6.62. The van der Waals surface area contributed by atoms with Gasteiger partial charge in [0.2, 0.25) is 4.38 Å². The zero-order valence-corrected chi connectivity index (χ0v) is 14.9. The van der Waals surface area contributed by atoms with E-state index in [1.165, 1.54) is 17.3 Å². The summed E-state index contributed by atoms with van der Waals surface area (Å²) in [5, 5.41) is 0. The molecule has 0 spiro atoms. The highest BCUT2D eigenvalue weighted by Gasteiger charge is 2.16. The van der Waals surface area contributed by atoms with Crippen molar-refractivity contribution < 1.29 is 9.53 Å². The van der Waals surface area contributed by atoms with E-state index in [-0.39, 0.29) is 11.7 Å². The molecular formula is C17H24O2S2. The highest BCUT2D eigenvalue weighted by Crippen LogP contribution is 2.20. The normalized spacial score (nSPS) is 12.2. The topological polar surface area (TPSA) is 26.3 Å². The monoisotopic (exact) mass is 324 g/mol. The minimum atomic E-state index is -0.102. The Bertz CT molecular complexity index is 466. The Morgan fingerprint density at radius 1 is 1.24 bits per heavy atom. The van der Waals surface area contributed by atoms with Crippen molar-refractivity contribution >= 4 is 34.1 Å². The second-order valence-electron chi connectivity index (χ2n) is 5.50. The lowest BCUT2D eigenvalue weighted by Gasteiger charge is -2.12. The molecule has 0 aliphatic carbocycles. The molecule has 1 aromatic carbocycles. The first-order valence-electron chi connectivity index (χ1n) is 7.35. The Balaban J connectivity index is 2.55. The number of hydrogen-bond donors (Lipinski definition) is 0. The SMILES string of the molecule is CCOC(=S)SCC(=O)C(C)c1ccc(CC(C)C)cc1. The van der Waals surface area contributed by atoms with Crippen LogP contribution in [0.2, 0.25) is 0 Å². The van der Waals surface area contributed by atoms with Gasteiger partial charge in [-0.05, 0) is 42.6 Å². The van der Waals surface area contributed by atoms with Gasteiger partial charge in [0.25, 0.3) is 0 Å². The molecule has 0 aromatic heterocycles. The summed E-state index contributed by atoms with van der Waals surface area (Å²) in [6.07, 6.45) is 1.07. The highest BCUT2D eigenvalue weighted by molar-refractivity contribution is 8.23. The van der Waals surface area contributed by atoms with Crippen LogP contribution in [0, 0.1) is 5.92 Å². The Morgan fingerprint density at radius 2 is 1.86 bits per heavy atom. The van der Waals surface area contributed by atoms with E-state index in [9.17, 15) is 4.79 Å². The van der Waals surface area contributed by atoms with Crippen molar-refractivity contribution in [2.24, 2.45) is 5.92 Å². The van der Waals surface area contributed by atoms with Crippen molar-refractivity contribution in [1.29, 1.82) is 0 Å². The van der Waals surface area contributed by atoms with Gasteiger partial charge in [-0.25, -0.2) is 0 Å². The molecule has 0 aliphatic heterocycles. The van der Waals surface area contributed by atoms with Crippen LogP contribution in [0.15, 0.2) is 24.3 Å². The lowest BCUT2D eigenvalue weighted by molar-refractivity contribution is -0.117. The number of thiocarbonyl (C=S) groups is 1. The van der Waals surface area contributed by atoms with Gasteiger partial charge in [-0.3, -0.25) is 4.79 Å². The summed E-state index contributed by atoms with van der Waals surface area (Å²) in [4.78, 5) is 12.2. The smallest absolute Gasteiger partial charge is 0.220 e. The molecule has 0 saturated carbocycles. The first kappa shape index (κ1) is 18.2. The molecule has 4 heteroatoms. The number of carbonyl (C=O) groups excluding carboxylic acids is 1. The van der Waals surface area contributed by atoms with Crippen LogP contribution < -0.4 is 0 Å². The predicted molar refractivity (Wildman–Crippen MR) is 95.1 cm³/mol. The third-order valence-electron chi connectivity index (χ3n) is 3.20. The van der Waals surface area contributed by atoms with Crippen LogP contribution in [0.4, 0.5) is 0 Å². The summed E-state index contributed by atoms with van der Waals surface area (Å²) in [5.41, 5.74) is 2.38. The van der Waals surface area contributed by atoms with E-state index in [4.69, 9.17) is 17.0 Å².